The Morgan fingerprint density at radius 2 is 1.97 bits per heavy atom. The summed E-state index contributed by atoms with van der Waals surface area (Å²) in [6, 6.07) is 21.5. The zero-order valence-corrected chi connectivity index (χ0v) is 16.8. The Morgan fingerprint density at radius 1 is 1.14 bits per heavy atom. The molecule has 4 aromatic rings. The van der Waals surface area contributed by atoms with Crippen molar-refractivity contribution in [1.82, 2.24) is 5.16 Å². The maximum Gasteiger partial charge on any atom is 0.325 e. The molecule has 1 aromatic heterocycles. The number of benzene rings is 3. The zero-order chi connectivity index (χ0) is 20.2. The highest BCUT2D eigenvalue weighted by atomic mass is 79.9. The van der Waals surface area contributed by atoms with Crippen molar-refractivity contribution in [1.29, 1.82) is 0 Å². The van der Waals surface area contributed by atoms with Gasteiger partial charge in [-0.3, -0.25) is 9.79 Å². The van der Waals surface area contributed by atoms with Gasteiger partial charge in [0.2, 0.25) is 0 Å². The maximum absolute atomic E-state index is 10.6. The van der Waals surface area contributed by atoms with Gasteiger partial charge in [0.05, 0.1) is 11.1 Å². The van der Waals surface area contributed by atoms with Crippen LogP contribution in [0.2, 0.25) is 0 Å². The highest BCUT2D eigenvalue weighted by Gasteiger charge is 2.13. The van der Waals surface area contributed by atoms with Crippen molar-refractivity contribution >= 4 is 50.6 Å². The second kappa shape index (κ2) is 8.28. The van der Waals surface area contributed by atoms with Gasteiger partial charge in [0.25, 0.3) is 0 Å². The van der Waals surface area contributed by atoms with Gasteiger partial charge in [-0.25, -0.2) is 0 Å². The van der Waals surface area contributed by atoms with E-state index in [2.05, 4.69) is 43.5 Å². The summed E-state index contributed by atoms with van der Waals surface area (Å²) in [5.41, 5.74) is 4.40. The molecule has 144 valence electrons. The van der Waals surface area contributed by atoms with Crippen LogP contribution < -0.4 is 5.32 Å². The lowest BCUT2D eigenvalue weighted by Crippen LogP contribution is -1.99. The van der Waals surface area contributed by atoms with Crippen molar-refractivity contribution in [3.63, 3.8) is 0 Å². The lowest BCUT2D eigenvalue weighted by atomic mass is 10.1. The number of aromatic nitrogens is 1. The monoisotopic (exact) mass is 449 g/mol. The molecule has 0 unspecified atom stereocenters. The van der Waals surface area contributed by atoms with Crippen molar-refractivity contribution in [3.05, 3.63) is 76.8 Å². The number of carbonyl (C=O) groups is 1. The first-order valence-electron chi connectivity index (χ1n) is 8.84. The number of hydrogen-bond donors (Lipinski definition) is 2. The smallest absolute Gasteiger partial charge is 0.325 e. The first-order valence-corrected chi connectivity index (χ1v) is 9.63. The van der Waals surface area contributed by atoms with E-state index in [0.29, 0.717) is 11.4 Å². The number of carboxylic acids is 1. The summed E-state index contributed by atoms with van der Waals surface area (Å²) in [6.07, 6.45) is 1.52. The van der Waals surface area contributed by atoms with Crippen molar-refractivity contribution in [3.8, 4) is 11.1 Å². The largest absolute Gasteiger partial charge is 0.480 e. The van der Waals surface area contributed by atoms with Crippen molar-refractivity contribution in [2.45, 2.75) is 0 Å². The number of halogens is 1. The molecule has 0 aliphatic heterocycles. The van der Waals surface area contributed by atoms with Gasteiger partial charge in [-0.05, 0) is 56.9 Å². The van der Waals surface area contributed by atoms with Crippen LogP contribution in [0.5, 0.6) is 0 Å². The topological polar surface area (TPSA) is 87.7 Å². The lowest BCUT2D eigenvalue weighted by Gasteiger charge is -2.11. The Kier molecular flexibility index (Phi) is 5.39. The highest BCUT2D eigenvalue weighted by Crippen LogP contribution is 2.36. The first kappa shape index (κ1) is 18.9. The third-order valence-corrected chi connectivity index (χ3v) is 5.15. The number of nitrogens with one attached hydrogen (secondary N) is 1. The Bertz CT molecular complexity index is 1200. The normalized spacial score (nSPS) is 11.2. The van der Waals surface area contributed by atoms with E-state index in [-0.39, 0.29) is 6.54 Å². The summed E-state index contributed by atoms with van der Waals surface area (Å²) >= 11 is 3.69. The van der Waals surface area contributed by atoms with Gasteiger partial charge in [0.1, 0.15) is 6.54 Å². The van der Waals surface area contributed by atoms with Gasteiger partial charge < -0.3 is 14.9 Å². The predicted octanol–water partition coefficient (Wildman–Crippen LogP) is 5.50. The van der Waals surface area contributed by atoms with Gasteiger partial charge in [0, 0.05) is 10.7 Å². The van der Waals surface area contributed by atoms with Crippen LogP contribution in [0.25, 0.3) is 22.1 Å². The Balaban J connectivity index is 1.66. The summed E-state index contributed by atoms with van der Waals surface area (Å²) in [5.74, 6) is -0.405. The number of aliphatic carboxylic acids is 1. The minimum atomic E-state index is -0.974. The van der Waals surface area contributed by atoms with Crippen molar-refractivity contribution < 1.29 is 14.4 Å². The summed E-state index contributed by atoms with van der Waals surface area (Å²) in [6.45, 7) is -0.272. The molecule has 0 atom stereocenters. The summed E-state index contributed by atoms with van der Waals surface area (Å²) in [7, 11) is 0. The van der Waals surface area contributed by atoms with E-state index in [4.69, 9.17) is 9.63 Å². The van der Waals surface area contributed by atoms with Gasteiger partial charge >= 0.3 is 5.97 Å². The number of hydrogen-bond acceptors (Lipinski definition) is 5. The molecule has 0 amide bonds. The molecule has 6 nitrogen and oxygen atoms in total. The number of fused-ring (bicyclic) bond motifs is 1. The SMILES string of the molecule is O=C(O)CN=Cc1ccc2onc(Nc3cccc(-c4ccccc4)c3Br)c2c1. The molecule has 3 aromatic carbocycles. The van der Waals surface area contributed by atoms with Crippen LogP contribution >= 0.6 is 15.9 Å². The molecule has 0 saturated carbocycles. The van der Waals surface area contributed by atoms with Gasteiger partial charge in [-0.15, -0.1) is 0 Å². The molecular formula is C22H16BrN3O3. The number of carboxylic acid groups (broad SMARTS) is 1. The van der Waals surface area contributed by atoms with Crippen LogP contribution in [0, 0.1) is 0 Å². The van der Waals surface area contributed by atoms with Crippen molar-refractivity contribution in [2.75, 3.05) is 11.9 Å². The predicted molar refractivity (Wildman–Crippen MR) is 117 cm³/mol. The second-order valence-electron chi connectivity index (χ2n) is 6.31. The van der Waals surface area contributed by atoms with Crippen LogP contribution in [-0.4, -0.2) is 29.0 Å². The average Bonchev–Trinajstić information content (AvgIpc) is 3.12. The van der Waals surface area contributed by atoms with E-state index in [0.717, 1.165) is 32.2 Å². The van der Waals surface area contributed by atoms with Gasteiger partial charge in [-0.2, -0.15) is 0 Å². The zero-order valence-electron chi connectivity index (χ0n) is 15.2. The van der Waals surface area contributed by atoms with E-state index in [9.17, 15) is 4.79 Å². The minimum absolute atomic E-state index is 0.272. The van der Waals surface area contributed by atoms with Crippen molar-refractivity contribution in [2.24, 2.45) is 4.99 Å². The van der Waals surface area contributed by atoms with E-state index in [1.165, 1.54) is 6.21 Å². The van der Waals surface area contributed by atoms with Gasteiger partial charge in [0.15, 0.2) is 11.4 Å². The third kappa shape index (κ3) is 4.20. The maximum atomic E-state index is 10.6. The molecule has 7 heteroatoms. The number of aliphatic imine (C=N–C) groups is 1. The molecule has 29 heavy (non-hydrogen) atoms. The molecule has 0 spiro atoms. The molecule has 0 radical (unpaired) electrons. The fourth-order valence-electron chi connectivity index (χ4n) is 2.95. The molecule has 2 N–H and O–H groups in total. The molecule has 4 rings (SSSR count). The summed E-state index contributed by atoms with van der Waals surface area (Å²) in [4.78, 5) is 14.5. The average molecular weight is 450 g/mol. The molecule has 0 aliphatic carbocycles. The fourth-order valence-corrected chi connectivity index (χ4v) is 3.54. The first-order chi connectivity index (χ1) is 14.1. The quantitative estimate of drug-likeness (QED) is 0.379. The molecule has 0 aliphatic rings. The van der Waals surface area contributed by atoms with Crippen LogP contribution in [0.3, 0.4) is 0 Å². The van der Waals surface area contributed by atoms with E-state index in [1.54, 1.807) is 12.1 Å². The lowest BCUT2D eigenvalue weighted by molar-refractivity contribution is -0.135. The van der Waals surface area contributed by atoms with Crippen LogP contribution in [-0.2, 0) is 4.79 Å². The molecular weight excluding hydrogens is 434 g/mol. The van der Waals surface area contributed by atoms with E-state index < -0.39 is 5.97 Å². The Labute approximate surface area is 175 Å². The highest BCUT2D eigenvalue weighted by molar-refractivity contribution is 9.10. The number of anilines is 2. The summed E-state index contributed by atoms with van der Waals surface area (Å²) in [5, 5.41) is 16.9. The van der Waals surface area contributed by atoms with Gasteiger partial charge in [-0.1, -0.05) is 47.6 Å². The second-order valence-corrected chi connectivity index (χ2v) is 7.10. The summed E-state index contributed by atoms with van der Waals surface area (Å²) < 4.78 is 6.33. The standard InChI is InChI=1S/C22H16BrN3O3/c23-21-16(15-5-2-1-3-6-15)7-4-8-18(21)25-22-17-11-14(12-24-13-20(27)28)9-10-19(17)29-26-22/h1-12H,13H2,(H,25,26)(H,27,28). The van der Waals surface area contributed by atoms with E-state index in [1.807, 2.05) is 42.5 Å². The molecule has 0 saturated heterocycles. The number of nitrogens with zero attached hydrogens (tertiary/aromatic N) is 2. The Hall–Kier alpha value is -3.45. The molecule has 1 heterocycles. The van der Waals surface area contributed by atoms with Crippen LogP contribution in [0.15, 0.2) is 80.7 Å². The molecule has 0 fully saturated rings. The van der Waals surface area contributed by atoms with E-state index >= 15 is 0 Å². The molecule has 0 bridgehead atoms. The van der Waals surface area contributed by atoms with Crippen LogP contribution in [0.4, 0.5) is 11.5 Å². The Morgan fingerprint density at radius 3 is 2.76 bits per heavy atom. The minimum Gasteiger partial charge on any atom is -0.480 e. The number of rotatable bonds is 6. The third-order valence-electron chi connectivity index (χ3n) is 4.30. The fraction of sp³-hybridized carbons (Fsp3) is 0.0455. The van der Waals surface area contributed by atoms with Crippen LogP contribution in [0.1, 0.15) is 5.56 Å².